The van der Waals surface area contributed by atoms with Gasteiger partial charge in [0.25, 0.3) is 0 Å². The summed E-state index contributed by atoms with van der Waals surface area (Å²) in [6.07, 6.45) is 1.08. The van der Waals surface area contributed by atoms with Crippen LogP contribution in [0.3, 0.4) is 0 Å². The van der Waals surface area contributed by atoms with E-state index in [1.165, 1.54) is 12.1 Å². The van der Waals surface area contributed by atoms with Gasteiger partial charge in [0.15, 0.2) is 0 Å². The fraction of sp³-hybridized carbons (Fsp3) is 0.0833. The van der Waals surface area contributed by atoms with E-state index >= 15 is 0 Å². The summed E-state index contributed by atoms with van der Waals surface area (Å²) in [5.74, 6) is -1.34. The molecule has 0 amide bonds. The zero-order valence-electron chi connectivity index (χ0n) is 9.98. The van der Waals surface area contributed by atoms with Gasteiger partial charge in [-0.25, -0.2) is 26.9 Å². The summed E-state index contributed by atoms with van der Waals surface area (Å²) in [7, 11) is -3.87. The second-order valence-corrected chi connectivity index (χ2v) is 6.03. The van der Waals surface area contributed by atoms with E-state index in [1.807, 2.05) is 0 Å². The SMILES string of the molecule is O=S(=O)(NCc1cc(F)ccc1F)c1ccc(Cl)nc1. The molecule has 0 aliphatic carbocycles. The Morgan fingerprint density at radius 3 is 2.60 bits per heavy atom. The molecule has 0 atom stereocenters. The Morgan fingerprint density at radius 1 is 1.20 bits per heavy atom. The van der Waals surface area contributed by atoms with Crippen LogP contribution >= 0.6 is 11.6 Å². The van der Waals surface area contributed by atoms with Crippen molar-refractivity contribution in [3.8, 4) is 0 Å². The smallest absolute Gasteiger partial charge is 0.242 e. The van der Waals surface area contributed by atoms with Gasteiger partial charge in [0.05, 0.1) is 0 Å². The van der Waals surface area contributed by atoms with Crippen molar-refractivity contribution in [3.63, 3.8) is 0 Å². The second kappa shape index (κ2) is 5.82. The van der Waals surface area contributed by atoms with E-state index in [1.54, 1.807) is 0 Å². The van der Waals surface area contributed by atoms with Gasteiger partial charge in [-0.3, -0.25) is 0 Å². The van der Waals surface area contributed by atoms with Crippen LogP contribution in [0.2, 0.25) is 5.15 Å². The highest BCUT2D eigenvalue weighted by molar-refractivity contribution is 7.89. The van der Waals surface area contributed by atoms with Crippen molar-refractivity contribution in [1.29, 1.82) is 0 Å². The van der Waals surface area contributed by atoms with Crippen molar-refractivity contribution in [2.45, 2.75) is 11.4 Å². The lowest BCUT2D eigenvalue weighted by molar-refractivity contribution is 0.566. The minimum absolute atomic E-state index is 0.0875. The lowest BCUT2D eigenvalue weighted by atomic mass is 10.2. The molecule has 0 unspecified atom stereocenters. The second-order valence-electron chi connectivity index (χ2n) is 3.88. The minimum Gasteiger partial charge on any atom is -0.243 e. The van der Waals surface area contributed by atoms with E-state index in [-0.39, 0.29) is 22.2 Å². The lowest BCUT2D eigenvalue weighted by Gasteiger charge is -2.07. The summed E-state index contributed by atoms with van der Waals surface area (Å²) in [5.41, 5.74) is -0.0875. The molecule has 0 aliphatic rings. The molecule has 0 spiro atoms. The molecule has 1 N–H and O–H groups in total. The van der Waals surface area contributed by atoms with Gasteiger partial charge < -0.3 is 0 Å². The van der Waals surface area contributed by atoms with Gasteiger partial charge >= 0.3 is 0 Å². The van der Waals surface area contributed by atoms with Gasteiger partial charge in [-0.05, 0) is 30.3 Å². The Hall–Kier alpha value is -1.57. The molecule has 0 saturated heterocycles. The van der Waals surface area contributed by atoms with Gasteiger partial charge in [-0.1, -0.05) is 11.6 Å². The van der Waals surface area contributed by atoms with E-state index in [2.05, 4.69) is 9.71 Å². The molecule has 0 radical (unpaired) electrons. The Kier molecular flexibility index (Phi) is 4.32. The van der Waals surface area contributed by atoms with E-state index in [9.17, 15) is 17.2 Å². The fourth-order valence-electron chi connectivity index (χ4n) is 1.46. The predicted molar refractivity (Wildman–Crippen MR) is 69.6 cm³/mol. The monoisotopic (exact) mass is 318 g/mol. The molecule has 2 rings (SSSR count). The zero-order chi connectivity index (χ0) is 14.8. The quantitative estimate of drug-likeness (QED) is 0.881. The van der Waals surface area contributed by atoms with Crippen molar-refractivity contribution in [3.05, 3.63) is 58.9 Å². The third-order valence-corrected chi connectivity index (χ3v) is 4.08. The third-order valence-electron chi connectivity index (χ3n) is 2.47. The molecule has 1 aromatic heterocycles. The third kappa shape index (κ3) is 3.50. The van der Waals surface area contributed by atoms with Gasteiger partial charge in [-0.15, -0.1) is 0 Å². The van der Waals surface area contributed by atoms with E-state index < -0.39 is 21.7 Å². The number of nitrogens with zero attached hydrogens (tertiary/aromatic N) is 1. The van der Waals surface area contributed by atoms with Crippen LogP contribution in [0.15, 0.2) is 41.4 Å². The summed E-state index contributed by atoms with van der Waals surface area (Å²) in [5, 5.41) is 0.153. The molecule has 0 bridgehead atoms. The van der Waals surface area contributed by atoms with E-state index in [0.717, 1.165) is 24.4 Å². The van der Waals surface area contributed by atoms with Crippen LogP contribution in [-0.2, 0) is 16.6 Å². The van der Waals surface area contributed by atoms with Crippen LogP contribution in [-0.4, -0.2) is 13.4 Å². The normalized spacial score (nSPS) is 11.6. The van der Waals surface area contributed by atoms with Crippen LogP contribution in [0.25, 0.3) is 0 Å². The van der Waals surface area contributed by atoms with E-state index in [4.69, 9.17) is 11.6 Å². The van der Waals surface area contributed by atoms with E-state index in [0.29, 0.717) is 0 Å². The molecule has 0 aliphatic heterocycles. The summed E-state index contributed by atoms with van der Waals surface area (Å²) in [4.78, 5) is 3.53. The number of pyridine rings is 1. The van der Waals surface area contributed by atoms with Crippen LogP contribution in [0, 0.1) is 11.6 Å². The number of hydrogen-bond donors (Lipinski definition) is 1. The molecule has 106 valence electrons. The number of nitrogens with one attached hydrogen (secondary N) is 1. The average Bonchev–Trinajstić information content (AvgIpc) is 2.40. The summed E-state index contributed by atoms with van der Waals surface area (Å²) < 4.78 is 52.3. The minimum atomic E-state index is -3.87. The number of rotatable bonds is 4. The maximum absolute atomic E-state index is 13.4. The number of benzene rings is 1. The van der Waals surface area contributed by atoms with Gasteiger partial charge in [-0.2, -0.15) is 0 Å². The van der Waals surface area contributed by atoms with Crippen molar-refractivity contribution in [2.24, 2.45) is 0 Å². The number of hydrogen-bond acceptors (Lipinski definition) is 3. The molecular formula is C12H9ClF2N2O2S. The number of sulfonamides is 1. The standard InChI is InChI=1S/C12H9ClF2N2O2S/c13-12-4-2-10(7-16-12)20(18,19)17-6-8-5-9(14)1-3-11(8)15/h1-5,7,17H,6H2. The topological polar surface area (TPSA) is 59.1 Å². The highest BCUT2D eigenvalue weighted by Gasteiger charge is 2.15. The Morgan fingerprint density at radius 2 is 1.95 bits per heavy atom. The van der Waals surface area contributed by atoms with Crippen LogP contribution in [0.1, 0.15) is 5.56 Å². The summed E-state index contributed by atoms with van der Waals surface area (Å²) >= 11 is 5.56. The Bertz CT molecular complexity index is 721. The Balaban J connectivity index is 2.17. The van der Waals surface area contributed by atoms with Crippen molar-refractivity contribution in [1.82, 2.24) is 9.71 Å². The van der Waals surface area contributed by atoms with Crippen molar-refractivity contribution in [2.75, 3.05) is 0 Å². The highest BCUT2D eigenvalue weighted by atomic mass is 35.5. The molecule has 0 fully saturated rings. The molecule has 2 aromatic rings. The summed E-state index contributed by atoms with van der Waals surface area (Å²) in [6, 6.07) is 5.40. The van der Waals surface area contributed by atoms with Crippen LogP contribution in [0.5, 0.6) is 0 Å². The van der Waals surface area contributed by atoms with Crippen LogP contribution in [0.4, 0.5) is 8.78 Å². The molecule has 20 heavy (non-hydrogen) atoms. The fourth-order valence-corrected chi connectivity index (χ4v) is 2.52. The molecule has 8 heteroatoms. The largest absolute Gasteiger partial charge is 0.243 e. The zero-order valence-corrected chi connectivity index (χ0v) is 11.5. The molecular weight excluding hydrogens is 310 g/mol. The number of halogens is 3. The van der Waals surface area contributed by atoms with Gasteiger partial charge in [0.1, 0.15) is 21.7 Å². The molecule has 1 aromatic carbocycles. The van der Waals surface area contributed by atoms with Gasteiger partial charge in [0, 0.05) is 18.3 Å². The molecule has 0 saturated carbocycles. The van der Waals surface area contributed by atoms with Crippen molar-refractivity contribution >= 4 is 21.6 Å². The first kappa shape index (κ1) is 14.8. The number of aromatic nitrogens is 1. The van der Waals surface area contributed by atoms with Gasteiger partial charge in [0.2, 0.25) is 10.0 Å². The molecule has 1 heterocycles. The Labute approximate surface area is 119 Å². The maximum atomic E-state index is 13.4. The van der Waals surface area contributed by atoms with Crippen LogP contribution < -0.4 is 4.72 Å². The average molecular weight is 319 g/mol. The lowest BCUT2D eigenvalue weighted by Crippen LogP contribution is -2.24. The maximum Gasteiger partial charge on any atom is 0.242 e. The first-order chi connectivity index (χ1) is 9.38. The highest BCUT2D eigenvalue weighted by Crippen LogP contribution is 2.13. The first-order valence-corrected chi connectivity index (χ1v) is 7.30. The molecule has 4 nitrogen and oxygen atoms in total. The van der Waals surface area contributed by atoms with Crippen molar-refractivity contribution < 1.29 is 17.2 Å². The summed E-state index contributed by atoms with van der Waals surface area (Å²) in [6.45, 7) is -0.367. The predicted octanol–water partition coefficient (Wildman–Crippen LogP) is 2.49. The first-order valence-electron chi connectivity index (χ1n) is 5.43.